The zero-order chi connectivity index (χ0) is 13.9. The number of hydrogen-bond donors (Lipinski definition) is 1. The van der Waals surface area contributed by atoms with Crippen LogP contribution in [0.1, 0.15) is 46.0 Å². The van der Waals surface area contributed by atoms with Crippen LogP contribution in [-0.2, 0) is 4.79 Å². The number of nitrogens with zero attached hydrogens (tertiary/aromatic N) is 2. The highest BCUT2D eigenvalue weighted by atomic mass is 16.2. The zero-order valence-electron chi connectivity index (χ0n) is 12.1. The molecule has 0 aromatic heterocycles. The van der Waals surface area contributed by atoms with E-state index in [-0.39, 0.29) is 11.3 Å². The fourth-order valence-electron chi connectivity index (χ4n) is 3.02. The first-order valence-electron chi connectivity index (χ1n) is 7.46. The van der Waals surface area contributed by atoms with Gasteiger partial charge >= 0.3 is 0 Å². The van der Waals surface area contributed by atoms with Gasteiger partial charge in [0.15, 0.2) is 0 Å². The summed E-state index contributed by atoms with van der Waals surface area (Å²) in [5.41, 5.74) is -0.314. The predicted molar refractivity (Wildman–Crippen MR) is 74.3 cm³/mol. The van der Waals surface area contributed by atoms with Crippen LogP contribution in [0.2, 0.25) is 0 Å². The molecule has 1 amide bonds. The number of hydrogen-bond acceptors (Lipinski definition) is 3. The molecule has 1 heterocycles. The van der Waals surface area contributed by atoms with Gasteiger partial charge in [-0.1, -0.05) is 13.8 Å². The summed E-state index contributed by atoms with van der Waals surface area (Å²) < 4.78 is 0. The fourth-order valence-corrected chi connectivity index (χ4v) is 3.02. The van der Waals surface area contributed by atoms with Crippen molar-refractivity contribution in [1.29, 1.82) is 5.26 Å². The van der Waals surface area contributed by atoms with Gasteiger partial charge in [0.25, 0.3) is 0 Å². The van der Waals surface area contributed by atoms with Gasteiger partial charge in [0.05, 0.1) is 12.5 Å². The van der Waals surface area contributed by atoms with Crippen LogP contribution in [-0.4, -0.2) is 36.5 Å². The number of carbonyl (C=O) groups is 1. The summed E-state index contributed by atoms with van der Waals surface area (Å²) in [5, 5.41) is 12.2. The first-order chi connectivity index (χ1) is 9.07. The Morgan fingerprint density at radius 3 is 2.68 bits per heavy atom. The third-order valence-corrected chi connectivity index (χ3v) is 4.58. The highest BCUT2D eigenvalue weighted by Gasteiger charge is 2.43. The number of carbonyl (C=O) groups excluding carboxylic acids is 1. The first-order valence-corrected chi connectivity index (χ1v) is 7.46. The normalized spacial score (nSPS) is 23.7. The lowest BCUT2D eigenvalue weighted by molar-refractivity contribution is -0.144. The van der Waals surface area contributed by atoms with Crippen LogP contribution < -0.4 is 5.32 Å². The number of piperidine rings is 1. The average molecular weight is 263 g/mol. The van der Waals surface area contributed by atoms with Gasteiger partial charge in [-0.2, -0.15) is 5.26 Å². The number of rotatable bonds is 5. The van der Waals surface area contributed by atoms with Gasteiger partial charge in [0.2, 0.25) is 5.91 Å². The van der Waals surface area contributed by atoms with Crippen LogP contribution in [0.5, 0.6) is 0 Å². The van der Waals surface area contributed by atoms with E-state index in [0.29, 0.717) is 24.9 Å². The molecule has 1 saturated carbocycles. The van der Waals surface area contributed by atoms with Gasteiger partial charge in [-0.05, 0) is 44.7 Å². The summed E-state index contributed by atoms with van der Waals surface area (Å²) >= 11 is 0. The first kappa shape index (κ1) is 14.3. The van der Waals surface area contributed by atoms with E-state index in [1.807, 2.05) is 4.90 Å². The Labute approximate surface area is 116 Å². The summed E-state index contributed by atoms with van der Waals surface area (Å²) in [5.74, 6) is 0.663. The number of nitrogens with one attached hydrogen (secondary N) is 1. The summed E-state index contributed by atoms with van der Waals surface area (Å²) in [7, 11) is 0. The largest absolute Gasteiger partial charge is 0.338 e. The van der Waals surface area contributed by atoms with Crippen molar-refractivity contribution in [3.05, 3.63) is 0 Å². The molecule has 1 aliphatic carbocycles. The van der Waals surface area contributed by atoms with Crippen molar-refractivity contribution in [2.75, 3.05) is 19.6 Å². The Kier molecular flexibility index (Phi) is 4.46. The smallest absolute Gasteiger partial charge is 0.228 e. The van der Waals surface area contributed by atoms with Gasteiger partial charge in [-0.15, -0.1) is 0 Å². The van der Waals surface area contributed by atoms with Crippen molar-refractivity contribution < 1.29 is 4.79 Å². The second kappa shape index (κ2) is 5.92. The Balaban J connectivity index is 2.03. The van der Waals surface area contributed by atoms with Crippen molar-refractivity contribution in [2.24, 2.45) is 11.3 Å². The lowest BCUT2D eigenvalue weighted by Gasteiger charge is -2.39. The molecule has 4 heteroatoms. The van der Waals surface area contributed by atoms with Crippen LogP contribution >= 0.6 is 0 Å². The van der Waals surface area contributed by atoms with Crippen LogP contribution in [0.4, 0.5) is 0 Å². The standard InChI is InChI=1S/C15H25N3O/c1-15(2,12-5-3-9-17-11-12)14(19)18(10-4-8-16)13-6-7-13/h12-13,17H,3-7,9-11H2,1-2H3. The van der Waals surface area contributed by atoms with E-state index >= 15 is 0 Å². The van der Waals surface area contributed by atoms with Crippen LogP contribution in [0.25, 0.3) is 0 Å². The molecule has 0 spiro atoms. The molecule has 19 heavy (non-hydrogen) atoms. The molecular formula is C15H25N3O. The van der Waals surface area contributed by atoms with Crippen molar-refractivity contribution in [1.82, 2.24) is 10.2 Å². The molecule has 1 unspecified atom stereocenters. The monoisotopic (exact) mass is 263 g/mol. The second-order valence-corrected chi connectivity index (χ2v) is 6.40. The van der Waals surface area contributed by atoms with Gasteiger partial charge in [-0.25, -0.2) is 0 Å². The molecule has 2 fully saturated rings. The average Bonchev–Trinajstić information content (AvgIpc) is 3.24. The van der Waals surface area contributed by atoms with E-state index in [1.54, 1.807) is 0 Å². The molecule has 2 rings (SSSR count). The molecular weight excluding hydrogens is 238 g/mol. The SMILES string of the molecule is CC(C)(C(=O)N(CCC#N)C1CC1)C1CCCNC1. The van der Waals surface area contributed by atoms with E-state index in [9.17, 15) is 4.79 Å². The van der Waals surface area contributed by atoms with E-state index in [2.05, 4.69) is 25.2 Å². The third-order valence-electron chi connectivity index (χ3n) is 4.58. The molecule has 0 aromatic rings. The van der Waals surface area contributed by atoms with E-state index in [4.69, 9.17) is 5.26 Å². The third kappa shape index (κ3) is 3.27. The topological polar surface area (TPSA) is 56.1 Å². The Hall–Kier alpha value is -1.08. The minimum Gasteiger partial charge on any atom is -0.338 e. The summed E-state index contributed by atoms with van der Waals surface area (Å²) in [6, 6.07) is 2.56. The molecule has 2 aliphatic rings. The Bertz CT molecular complexity index is 362. The van der Waals surface area contributed by atoms with Crippen molar-refractivity contribution in [2.45, 2.75) is 52.0 Å². The summed E-state index contributed by atoms with van der Waals surface area (Å²) in [4.78, 5) is 14.8. The van der Waals surface area contributed by atoms with Crippen molar-refractivity contribution in [3.8, 4) is 6.07 Å². The van der Waals surface area contributed by atoms with Crippen molar-refractivity contribution in [3.63, 3.8) is 0 Å². The molecule has 1 N–H and O–H groups in total. The molecule has 0 bridgehead atoms. The lowest BCUT2D eigenvalue weighted by Crippen LogP contribution is -2.49. The Morgan fingerprint density at radius 1 is 1.42 bits per heavy atom. The molecule has 1 saturated heterocycles. The molecule has 1 aliphatic heterocycles. The zero-order valence-corrected chi connectivity index (χ0v) is 12.1. The minimum absolute atomic E-state index is 0.249. The number of nitriles is 1. The molecule has 106 valence electrons. The highest BCUT2D eigenvalue weighted by Crippen LogP contribution is 2.37. The molecule has 1 atom stereocenters. The van der Waals surface area contributed by atoms with Crippen LogP contribution in [0, 0.1) is 22.7 Å². The summed E-state index contributed by atoms with van der Waals surface area (Å²) in [6.45, 7) is 6.77. The molecule has 0 radical (unpaired) electrons. The van der Waals surface area contributed by atoms with Crippen LogP contribution in [0.3, 0.4) is 0 Å². The highest BCUT2D eigenvalue weighted by molar-refractivity contribution is 5.83. The molecule has 0 aromatic carbocycles. The Morgan fingerprint density at radius 2 is 2.16 bits per heavy atom. The van der Waals surface area contributed by atoms with Crippen molar-refractivity contribution >= 4 is 5.91 Å². The van der Waals surface area contributed by atoms with E-state index in [0.717, 1.165) is 38.8 Å². The maximum Gasteiger partial charge on any atom is 0.228 e. The van der Waals surface area contributed by atoms with E-state index in [1.165, 1.54) is 0 Å². The van der Waals surface area contributed by atoms with Gasteiger partial charge in [-0.3, -0.25) is 4.79 Å². The fraction of sp³-hybridized carbons (Fsp3) is 0.867. The number of amides is 1. The lowest BCUT2D eigenvalue weighted by atomic mass is 9.74. The predicted octanol–water partition coefficient (Wildman–Crippen LogP) is 1.92. The molecule has 4 nitrogen and oxygen atoms in total. The summed E-state index contributed by atoms with van der Waals surface area (Å²) in [6.07, 6.45) is 4.94. The van der Waals surface area contributed by atoms with Gasteiger partial charge in [0.1, 0.15) is 0 Å². The van der Waals surface area contributed by atoms with Gasteiger partial charge in [0, 0.05) is 18.0 Å². The maximum atomic E-state index is 12.8. The van der Waals surface area contributed by atoms with Crippen LogP contribution in [0.15, 0.2) is 0 Å². The second-order valence-electron chi connectivity index (χ2n) is 6.40. The maximum absolute atomic E-state index is 12.8. The minimum atomic E-state index is -0.314. The van der Waals surface area contributed by atoms with Gasteiger partial charge < -0.3 is 10.2 Å². The quantitative estimate of drug-likeness (QED) is 0.824. The van der Waals surface area contributed by atoms with E-state index < -0.39 is 0 Å².